The van der Waals surface area contributed by atoms with E-state index < -0.39 is 29.3 Å². The van der Waals surface area contributed by atoms with E-state index in [2.05, 4.69) is 10.6 Å². The molecule has 2 rings (SSSR count). The Morgan fingerprint density at radius 3 is 2.56 bits per heavy atom. The molecule has 1 unspecified atom stereocenters. The van der Waals surface area contributed by atoms with Crippen molar-refractivity contribution in [3.63, 3.8) is 0 Å². The maximum absolute atomic E-state index is 13.3. The van der Waals surface area contributed by atoms with Gasteiger partial charge in [-0.15, -0.1) is 0 Å². The first-order chi connectivity index (χ1) is 8.58. The molecule has 0 bridgehead atoms. The van der Waals surface area contributed by atoms with Crippen LogP contribution in [0.5, 0.6) is 0 Å². The second kappa shape index (κ2) is 5.30. The van der Waals surface area contributed by atoms with Crippen LogP contribution in [0.15, 0.2) is 18.2 Å². The summed E-state index contributed by atoms with van der Waals surface area (Å²) >= 11 is 0. The second-order valence-electron chi connectivity index (χ2n) is 4.28. The van der Waals surface area contributed by atoms with E-state index in [1.807, 2.05) is 0 Å². The maximum atomic E-state index is 13.3. The zero-order chi connectivity index (χ0) is 13.1. The minimum Gasteiger partial charge on any atom is -0.386 e. The average molecular weight is 256 g/mol. The third-order valence-electron chi connectivity index (χ3n) is 2.70. The van der Waals surface area contributed by atoms with Crippen molar-refractivity contribution >= 4 is 6.03 Å². The standard InChI is InChI=1S/C12H14F2N2O2/c13-8-2-1-3-9(14)11(8)10(17)6-15-12(18)16-7-4-5-7/h1-3,7,10,17H,4-6H2,(H2,15,16,18). The van der Waals surface area contributed by atoms with E-state index in [1.165, 1.54) is 6.07 Å². The quantitative estimate of drug-likeness (QED) is 0.763. The van der Waals surface area contributed by atoms with Crippen LogP contribution in [0.4, 0.5) is 13.6 Å². The van der Waals surface area contributed by atoms with Gasteiger partial charge >= 0.3 is 6.03 Å². The van der Waals surface area contributed by atoms with Crippen LogP contribution < -0.4 is 10.6 Å². The Morgan fingerprint density at radius 1 is 1.39 bits per heavy atom. The van der Waals surface area contributed by atoms with Gasteiger partial charge in [-0.3, -0.25) is 0 Å². The van der Waals surface area contributed by atoms with Crippen molar-refractivity contribution in [2.45, 2.75) is 25.0 Å². The summed E-state index contributed by atoms with van der Waals surface area (Å²) in [7, 11) is 0. The van der Waals surface area contributed by atoms with Gasteiger partial charge in [0, 0.05) is 12.6 Å². The average Bonchev–Trinajstić information content (AvgIpc) is 3.10. The third-order valence-corrected chi connectivity index (χ3v) is 2.70. The Morgan fingerprint density at radius 2 is 2.00 bits per heavy atom. The van der Waals surface area contributed by atoms with Gasteiger partial charge < -0.3 is 15.7 Å². The number of amides is 2. The molecule has 1 aromatic rings. The van der Waals surface area contributed by atoms with Crippen LogP contribution in [0.1, 0.15) is 24.5 Å². The molecular formula is C12H14F2N2O2. The van der Waals surface area contributed by atoms with Crippen LogP contribution >= 0.6 is 0 Å². The molecule has 0 heterocycles. The number of urea groups is 1. The van der Waals surface area contributed by atoms with Crippen molar-refractivity contribution in [2.75, 3.05) is 6.54 Å². The van der Waals surface area contributed by atoms with Crippen LogP contribution in [0, 0.1) is 11.6 Å². The Bertz CT molecular complexity index is 429. The molecule has 1 aliphatic carbocycles. The number of aliphatic hydroxyl groups is 1. The molecule has 18 heavy (non-hydrogen) atoms. The molecule has 0 saturated heterocycles. The van der Waals surface area contributed by atoms with Crippen molar-refractivity contribution in [3.8, 4) is 0 Å². The molecule has 0 aliphatic heterocycles. The molecule has 0 spiro atoms. The topological polar surface area (TPSA) is 61.4 Å². The molecule has 1 saturated carbocycles. The van der Waals surface area contributed by atoms with E-state index in [-0.39, 0.29) is 12.6 Å². The van der Waals surface area contributed by atoms with Crippen molar-refractivity contribution in [1.29, 1.82) is 0 Å². The Kier molecular flexibility index (Phi) is 3.76. The zero-order valence-corrected chi connectivity index (χ0v) is 9.62. The molecule has 6 heteroatoms. The third kappa shape index (κ3) is 3.16. The van der Waals surface area contributed by atoms with Crippen LogP contribution in [-0.4, -0.2) is 23.7 Å². The van der Waals surface area contributed by atoms with Crippen LogP contribution in [0.3, 0.4) is 0 Å². The highest BCUT2D eigenvalue weighted by Crippen LogP contribution is 2.20. The largest absolute Gasteiger partial charge is 0.386 e. The van der Waals surface area contributed by atoms with Gasteiger partial charge in [0.1, 0.15) is 17.7 Å². The van der Waals surface area contributed by atoms with E-state index in [0.717, 1.165) is 25.0 Å². The predicted octanol–water partition coefficient (Wildman–Crippen LogP) is 1.46. The molecular weight excluding hydrogens is 242 g/mol. The summed E-state index contributed by atoms with van der Waals surface area (Å²) in [5.41, 5.74) is -0.427. The highest BCUT2D eigenvalue weighted by Gasteiger charge is 2.24. The zero-order valence-electron chi connectivity index (χ0n) is 9.62. The first kappa shape index (κ1) is 12.8. The Hall–Kier alpha value is -1.69. The van der Waals surface area contributed by atoms with E-state index in [0.29, 0.717) is 0 Å². The van der Waals surface area contributed by atoms with Gasteiger partial charge in [0.15, 0.2) is 0 Å². The van der Waals surface area contributed by atoms with Crippen LogP contribution in [0.2, 0.25) is 0 Å². The summed E-state index contributed by atoms with van der Waals surface area (Å²) < 4.78 is 26.6. The molecule has 2 amide bonds. The summed E-state index contributed by atoms with van der Waals surface area (Å²) in [5.74, 6) is -1.65. The number of aliphatic hydroxyl groups excluding tert-OH is 1. The molecule has 0 radical (unpaired) electrons. The van der Waals surface area contributed by atoms with Crippen molar-refractivity contribution in [1.82, 2.24) is 10.6 Å². The van der Waals surface area contributed by atoms with E-state index >= 15 is 0 Å². The number of carbonyl (C=O) groups is 1. The smallest absolute Gasteiger partial charge is 0.315 e. The Balaban J connectivity index is 1.90. The van der Waals surface area contributed by atoms with Gasteiger partial charge in [0.05, 0.1) is 5.56 Å². The number of benzene rings is 1. The number of nitrogens with one attached hydrogen (secondary N) is 2. The van der Waals surface area contributed by atoms with Gasteiger partial charge in [-0.2, -0.15) is 0 Å². The lowest BCUT2D eigenvalue weighted by molar-refractivity contribution is 0.164. The Labute approximate surface area is 103 Å². The SMILES string of the molecule is O=C(NCC(O)c1c(F)cccc1F)NC1CC1. The fourth-order valence-electron chi connectivity index (χ4n) is 1.58. The summed E-state index contributed by atoms with van der Waals surface area (Å²) in [5, 5.41) is 14.7. The normalized spacial score (nSPS) is 16.2. The number of rotatable bonds is 4. The summed E-state index contributed by atoms with van der Waals surface area (Å²) in [6.07, 6.45) is 0.478. The highest BCUT2D eigenvalue weighted by atomic mass is 19.1. The number of hydrogen-bond donors (Lipinski definition) is 3. The molecule has 1 fully saturated rings. The predicted molar refractivity (Wildman–Crippen MR) is 60.9 cm³/mol. The lowest BCUT2D eigenvalue weighted by atomic mass is 10.1. The second-order valence-corrected chi connectivity index (χ2v) is 4.28. The summed E-state index contributed by atoms with van der Waals surface area (Å²) in [6, 6.07) is 3.09. The van der Waals surface area contributed by atoms with Crippen LogP contribution in [-0.2, 0) is 0 Å². The number of carbonyl (C=O) groups excluding carboxylic acids is 1. The molecule has 98 valence electrons. The number of halogens is 2. The molecule has 1 aliphatic rings. The molecule has 1 aromatic carbocycles. The highest BCUT2D eigenvalue weighted by molar-refractivity contribution is 5.74. The van der Waals surface area contributed by atoms with Crippen molar-refractivity contribution < 1.29 is 18.7 Å². The lowest BCUT2D eigenvalue weighted by Gasteiger charge is -2.14. The molecule has 0 aromatic heterocycles. The van der Waals surface area contributed by atoms with Gasteiger partial charge in [-0.25, -0.2) is 13.6 Å². The lowest BCUT2D eigenvalue weighted by Crippen LogP contribution is -2.39. The van der Waals surface area contributed by atoms with Crippen molar-refractivity contribution in [3.05, 3.63) is 35.4 Å². The van der Waals surface area contributed by atoms with Crippen LogP contribution in [0.25, 0.3) is 0 Å². The van der Waals surface area contributed by atoms with Gasteiger partial charge in [-0.05, 0) is 25.0 Å². The van der Waals surface area contributed by atoms with Crippen molar-refractivity contribution in [2.24, 2.45) is 0 Å². The maximum Gasteiger partial charge on any atom is 0.315 e. The van der Waals surface area contributed by atoms with E-state index in [4.69, 9.17) is 0 Å². The van der Waals surface area contributed by atoms with E-state index in [1.54, 1.807) is 0 Å². The summed E-state index contributed by atoms with van der Waals surface area (Å²) in [6.45, 7) is -0.240. The first-order valence-electron chi connectivity index (χ1n) is 5.74. The van der Waals surface area contributed by atoms with Gasteiger partial charge in [0.25, 0.3) is 0 Å². The summed E-state index contributed by atoms with van der Waals surface area (Å²) in [4.78, 5) is 11.3. The minimum atomic E-state index is -1.41. The first-order valence-corrected chi connectivity index (χ1v) is 5.74. The molecule has 4 nitrogen and oxygen atoms in total. The molecule has 3 N–H and O–H groups in total. The monoisotopic (exact) mass is 256 g/mol. The van der Waals surface area contributed by atoms with Gasteiger partial charge in [0.2, 0.25) is 0 Å². The van der Waals surface area contributed by atoms with E-state index in [9.17, 15) is 18.7 Å². The van der Waals surface area contributed by atoms with Gasteiger partial charge in [-0.1, -0.05) is 6.07 Å². The fourth-order valence-corrected chi connectivity index (χ4v) is 1.58. The number of hydrogen-bond acceptors (Lipinski definition) is 2. The fraction of sp³-hybridized carbons (Fsp3) is 0.417. The molecule has 1 atom stereocenters. The minimum absolute atomic E-state index is 0.187.